The highest BCUT2D eigenvalue weighted by molar-refractivity contribution is 7.15. The van der Waals surface area contributed by atoms with Crippen LogP contribution in [0.15, 0.2) is 18.2 Å². The van der Waals surface area contributed by atoms with Crippen LogP contribution in [-0.4, -0.2) is 4.98 Å². The molecule has 0 aliphatic heterocycles. The van der Waals surface area contributed by atoms with Crippen molar-refractivity contribution < 1.29 is 0 Å². The number of hydrogen-bond donors (Lipinski definition) is 1. The number of aromatic nitrogens is 1. The smallest absolute Gasteiger partial charge is 0.180 e. The lowest BCUT2D eigenvalue weighted by molar-refractivity contribution is 1.02. The van der Waals surface area contributed by atoms with Gasteiger partial charge in [-0.1, -0.05) is 25.1 Å². The fraction of sp³-hybridized carbons (Fsp3) is 0.357. The van der Waals surface area contributed by atoms with E-state index in [4.69, 9.17) is 5.73 Å². The van der Waals surface area contributed by atoms with E-state index in [2.05, 4.69) is 44.0 Å². The Morgan fingerprint density at radius 2 is 2.06 bits per heavy atom. The van der Waals surface area contributed by atoms with Gasteiger partial charge in [-0.2, -0.15) is 0 Å². The molecule has 0 spiro atoms. The van der Waals surface area contributed by atoms with Gasteiger partial charge in [0.2, 0.25) is 0 Å². The number of nitrogen functional groups attached to an aromatic ring is 1. The predicted molar refractivity (Wildman–Crippen MR) is 74.6 cm³/mol. The van der Waals surface area contributed by atoms with Crippen molar-refractivity contribution in [3.63, 3.8) is 0 Å². The molecule has 17 heavy (non-hydrogen) atoms. The number of anilines is 1. The Balaban J connectivity index is 2.34. The molecule has 2 rings (SSSR count). The first-order chi connectivity index (χ1) is 8.11. The SMILES string of the molecule is CCc1nc(N)sc1Cc1cccc(C)c1C. The summed E-state index contributed by atoms with van der Waals surface area (Å²) < 4.78 is 0. The van der Waals surface area contributed by atoms with Gasteiger partial charge < -0.3 is 5.73 Å². The molecule has 2 nitrogen and oxygen atoms in total. The molecule has 0 aliphatic rings. The summed E-state index contributed by atoms with van der Waals surface area (Å²) in [5.74, 6) is 0. The first kappa shape index (κ1) is 12.1. The molecule has 0 aliphatic carbocycles. The maximum absolute atomic E-state index is 5.78. The lowest BCUT2D eigenvalue weighted by atomic mass is 10.00. The van der Waals surface area contributed by atoms with Gasteiger partial charge in [0.15, 0.2) is 5.13 Å². The molecule has 0 radical (unpaired) electrons. The molecule has 1 aromatic carbocycles. The molecule has 0 amide bonds. The first-order valence-electron chi connectivity index (χ1n) is 5.91. The van der Waals surface area contributed by atoms with E-state index in [1.807, 2.05) is 0 Å². The minimum absolute atomic E-state index is 0.683. The second-order valence-electron chi connectivity index (χ2n) is 4.31. The monoisotopic (exact) mass is 246 g/mol. The average molecular weight is 246 g/mol. The molecule has 2 aromatic rings. The highest BCUT2D eigenvalue weighted by atomic mass is 32.1. The van der Waals surface area contributed by atoms with Gasteiger partial charge in [0.05, 0.1) is 5.69 Å². The van der Waals surface area contributed by atoms with Gasteiger partial charge in [0, 0.05) is 11.3 Å². The Labute approximate surface area is 107 Å². The molecule has 0 saturated carbocycles. The third-order valence-electron chi connectivity index (χ3n) is 3.20. The largest absolute Gasteiger partial charge is 0.375 e. The maximum Gasteiger partial charge on any atom is 0.180 e. The van der Waals surface area contributed by atoms with Crippen molar-refractivity contribution in [3.8, 4) is 0 Å². The minimum atomic E-state index is 0.683. The van der Waals surface area contributed by atoms with Crippen LogP contribution >= 0.6 is 11.3 Å². The zero-order chi connectivity index (χ0) is 12.4. The Morgan fingerprint density at radius 1 is 1.29 bits per heavy atom. The first-order valence-corrected chi connectivity index (χ1v) is 6.72. The summed E-state index contributed by atoms with van der Waals surface area (Å²) in [5.41, 5.74) is 11.0. The van der Waals surface area contributed by atoms with Crippen molar-refractivity contribution in [3.05, 3.63) is 45.5 Å². The van der Waals surface area contributed by atoms with E-state index in [-0.39, 0.29) is 0 Å². The second kappa shape index (κ2) is 4.88. The van der Waals surface area contributed by atoms with Crippen LogP contribution in [0.4, 0.5) is 5.13 Å². The highest BCUT2D eigenvalue weighted by Gasteiger charge is 2.10. The zero-order valence-electron chi connectivity index (χ0n) is 10.6. The highest BCUT2D eigenvalue weighted by Crippen LogP contribution is 2.25. The van der Waals surface area contributed by atoms with Crippen LogP contribution in [-0.2, 0) is 12.8 Å². The van der Waals surface area contributed by atoms with Gasteiger partial charge >= 0.3 is 0 Å². The molecule has 0 saturated heterocycles. The van der Waals surface area contributed by atoms with Crippen LogP contribution in [0.25, 0.3) is 0 Å². The van der Waals surface area contributed by atoms with Gasteiger partial charge in [-0.05, 0) is 37.0 Å². The van der Waals surface area contributed by atoms with Gasteiger partial charge in [-0.15, -0.1) is 11.3 Å². The van der Waals surface area contributed by atoms with Crippen LogP contribution < -0.4 is 5.73 Å². The van der Waals surface area contributed by atoms with E-state index < -0.39 is 0 Å². The topological polar surface area (TPSA) is 38.9 Å². The molecule has 1 heterocycles. The number of rotatable bonds is 3. The molecule has 90 valence electrons. The summed E-state index contributed by atoms with van der Waals surface area (Å²) in [4.78, 5) is 5.68. The summed E-state index contributed by atoms with van der Waals surface area (Å²) in [6, 6.07) is 6.46. The van der Waals surface area contributed by atoms with Crippen LogP contribution in [0.2, 0.25) is 0 Å². The molecule has 0 unspecified atom stereocenters. The van der Waals surface area contributed by atoms with Crippen LogP contribution in [0.1, 0.15) is 34.2 Å². The Bertz CT molecular complexity index is 529. The van der Waals surface area contributed by atoms with E-state index >= 15 is 0 Å². The average Bonchev–Trinajstić information content (AvgIpc) is 2.65. The Kier molecular flexibility index (Phi) is 3.48. The number of thiazole rings is 1. The molecule has 0 atom stereocenters. The van der Waals surface area contributed by atoms with Crippen molar-refractivity contribution in [1.29, 1.82) is 0 Å². The number of hydrogen-bond acceptors (Lipinski definition) is 3. The van der Waals surface area contributed by atoms with Crippen molar-refractivity contribution in [2.45, 2.75) is 33.6 Å². The van der Waals surface area contributed by atoms with Crippen LogP contribution in [0.3, 0.4) is 0 Å². The number of aryl methyl sites for hydroxylation is 2. The standard InChI is InChI=1S/C14H18N2S/c1-4-12-13(17-14(15)16-12)8-11-7-5-6-9(2)10(11)3/h5-7H,4,8H2,1-3H3,(H2,15,16). The third kappa shape index (κ3) is 2.50. The fourth-order valence-corrected chi connectivity index (χ4v) is 2.94. The maximum atomic E-state index is 5.78. The second-order valence-corrected chi connectivity index (χ2v) is 5.43. The van der Waals surface area contributed by atoms with E-state index in [0.717, 1.165) is 18.5 Å². The molecule has 2 N–H and O–H groups in total. The van der Waals surface area contributed by atoms with E-state index in [9.17, 15) is 0 Å². The summed E-state index contributed by atoms with van der Waals surface area (Å²) in [7, 11) is 0. The molecular weight excluding hydrogens is 228 g/mol. The van der Waals surface area contributed by atoms with Crippen LogP contribution in [0, 0.1) is 13.8 Å². The van der Waals surface area contributed by atoms with Crippen molar-refractivity contribution in [2.24, 2.45) is 0 Å². The lowest BCUT2D eigenvalue weighted by Crippen LogP contribution is -1.95. The fourth-order valence-electron chi connectivity index (χ4n) is 1.99. The van der Waals surface area contributed by atoms with Gasteiger partial charge in [-0.25, -0.2) is 4.98 Å². The van der Waals surface area contributed by atoms with Crippen molar-refractivity contribution in [1.82, 2.24) is 4.98 Å². The third-order valence-corrected chi connectivity index (χ3v) is 4.12. The normalized spacial score (nSPS) is 10.8. The molecule has 0 bridgehead atoms. The quantitative estimate of drug-likeness (QED) is 0.900. The predicted octanol–water partition coefficient (Wildman–Crippen LogP) is 3.50. The Morgan fingerprint density at radius 3 is 2.76 bits per heavy atom. The number of nitrogens with two attached hydrogens (primary N) is 1. The van der Waals surface area contributed by atoms with E-state index in [0.29, 0.717) is 5.13 Å². The molecule has 0 fully saturated rings. The van der Waals surface area contributed by atoms with Gasteiger partial charge in [-0.3, -0.25) is 0 Å². The molecule has 1 aromatic heterocycles. The zero-order valence-corrected chi connectivity index (χ0v) is 11.4. The van der Waals surface area contributed by atoms with Crippen molar-refractivity contribution >= 4 is 16.5 Å². The van der Waals surface area contributed by atoms with Gasteiger partial charge in [0.25, 0.3) is 0 Å². The molecular formula is C14H18N2S. The van der Waals surface area contributed by atoms with E-state index in [1.165, 1.54) is 21.6 Å². The minimum Gasteiger partial charge on any atom is -0.375 e. The number of benzene rings is 1. The summed E-state index contributed by atoms with van der Waals surface area (Å²) >= 11 is 1.62. The Hall–Kier alpha value is -1.35. The molecule has 3 heteroatoms. The van der Waals surface area contributed by atoms with E-state index in [1.54, 1.807) is 11.3 Å². The summed E-state index contributed by atoms with van der Waals surface area (Å²) in [5, 5.41) is 0.683. The van der Waals surface area contributed by atoms with Crippen molar-refractivity contribution in [2.75, 3.05) is 5.73 Å². The number of nitrogens with zero attached hydrogens (tertiary/aromatic N) is 1. The summed E-state index contributed by atoms with van der Waals surface area (Å²) in [6.07, 6.45) is 1.90. The van der Waals surface area contributed by atoms with Gasteiger partial charge in [0.1, 0.15) is 0 Å². The summed E-state index contributed by atoms with van der Waals surface area (Å²) in [6.45, 7) is 6.46. The van der Waals surface area contributed by atoms with Crippen LogP contribution in [0.5, 0.6) is 0 Å². The lowest BCUT2D eigenvalue weighted by Gasteiger charge is -2.07.